The fraction of sp³-hybridized carbons (Fsp3) is 0.882. The zero-order chi connectivity index (χ0) is 15.1. The van der Waals surface area contributed by atoms with Crippen LogP contribution in [0.2, 0.25) is 0 Å². The van der Waals surface area contributed by atoms with Crippen LogP contribution in [0.25, 0.3) is 0 Å². The van der Waals surface area contributed by atoms with Crippen molar-refractivity contribution < 1.29 is 0 Å². The molecule has 0 saturated heterocycles. The zero-order valence-electron chi connectivity index (χ0n) is 13.9. The van der Waals surface area contributed by atoms with E-state index in [4.69, 9.17) is 0 Å². The Labute approximate surface area is 134 Å². The summed E-state index contributed by atoms with van der Waals surface area (Å²) in [5, 5.41) is 8.19. The van der Waals surface area contributed by atoms with E-state index in [1.54, 1.807) is 11.5 Å². The number of nitrogens with one attached hydrogen (secondary N) is 1. The van der Waals surface area contributed by atoms with Crippen LogP contribution in [0.1, 0.15) is 82.3 Å². The number of hydrogen-bond donors (Lipinski definition) is 1. The van der Waals surface area contributed by atoms with E-state index in [-0.39, 0.29) is 0 Å². The van der Waals surface area contributed by atoms with Crippen LogP contribution in [-0.4, -0.2) is 16.1 Å². The Kier molecular flexibility index (Phi) is 7.11. The van der Waals surface area contributed by atoms with Gasteiger partial charge in [0.15, 0.2) is 0 Å². The third kappa shape index (κ3) is 4.49. The average molecular weight is 310 g/mol. The molecule has 0 bridgehead atoms. The number of hydrogen-bond acceptors (Lipinski definition) is 4. The molecule has 2 rings (SSSR count). The van der Waals surface area contributed by atoms with Crippen molar-refractivity contribution in [1.29, 1.82) is 0 Å². The summed E-state index contributed by atoms with van der Waals surface area (Å²) < 4.78 is 4.25. The van der Waals surface area contributed by atoms with E-state index in [1.807, 2.05) is 0 Å². The maximum absolute atomic E-state index is 4.39. The smallest absolute Gasteiger partial charge is 0.0803 e. The normalized spacial score (nSPS) is 24.1. The summed E-state index contributed by atoms with van der Waals surface area (Å²) in [6.45, 7) is 7.91. The molecular weight excluding hydrogens is 278 g/mol. The lowest BCUT2D eigenvalue weighted by molar-refractivity contribution is 0.220. The summed E-state index contributed by atoms with van der Waals surface area (Å²) in [4.78, 5) is 1.42. The highest BCUT2D eigenvalue weighted by molar-refractivity contribution is 7.05. The standard InChI is InChI=1S/C17H31N3S/c1-4-7-15-17(21-20-19-15)16(18-12-5-2)14-10-8-13(6-3)9-11-14/h13-14,16,18H,4-12H2,1-3H3. The Hall–Kier alpha value is -0.480. The molecule has 1 fully saturated rings. The molecule has 1 aliphatic carbocycles. The van der Waals surface area contributed by atoms with Gasteiger partial charge in [-0.05, 0) is 55.6 Å². The number of aryl methyl sites for hydroxylation is 1. The lowest BCUT2D eigenvalue weighted by Crippen LogP contribution is -2.31. The summed E-state index contributed by atoms with van der Waals surface area (Å²) in [6, 6.07) is 0.490. The van der Waals surface area contributed by atoms with Gasteiger partial charge >= 0.3 is 0 Å². The predicted octanol–water partition coefficient (Wildman–Crippen LogP) is 4.75. The van der Waals surface area contributed by atoms with Crippen LogP contribution in [0.15, 0.2) is 0 Å². The topological polar surface area (TPSA) is 37.8 Å². The molecule has 0 spiro atoms. The minimum atomic E-state index is 0.490. The molecule has 0 aromatic carbocycles. The number of rotatable bonds is 8. The van der Waals surface area contributed by atoms with E-state index in [1.165, 1.54) is 49.1 Å². The van der Waals surface area contributed by atoms with Gasteiger partial charge in [0.1, 0.15) is 0 Å². The van der Waals surface area contributed by atoms with Crippen LogP contribution in [0.3, 0.4) is 0 Å². The summed E-state index contributed by atoms with van der Waals surface area (Å²) in [6.07, 6.45) is 10.3. The van der Waals surface area contributed by atoms with Crippen molar-refractivity contribution in [2.24, 2.45) is 11.8 Å². The molecule has 1 aromatic heterocycles. The van der Waals surface area contributed by atoms with E-state index in [0.29, 0.717) is 6.04 Å². The van der Waals surface area contributed by atoms with Crippen molar-refractivity contribution in [3.8, 4) is 0 Å². The molecule has 0 amide bonds. The Morgan fingerprint density at radius 1 is 1.14 bits per heavy atom. The van der Waals surface area contributed by atoms with Crippen molar-refractivity contribution >= 4 is 11.5 Å². The lowest BCUT2D eigenvalue weighted by atomic mass is 9.77. The van der Waals surface area contributed by atoms with Crippen LogP contribution in [0.5, 0.6) is 0 Å². The first-order valence-electron chi connectivity index (χ1n) is 8.84. The molecule has 1 N–H and O–H groups in total. The molecule has 1 aliphatic rings. The number of nitrogens with zero attached hydrogens (tertiary/aromatic N) is 2. The molecule has 120 valence electrons. The van der Waals surface area contributed by atoms with Crippen molar-refractivity contribution in [1.82, 2.24) is 14.9 Å². The van der Waals surface area contributed by atoms with E-state index in [0.717, 1.165) is 31.2 Å². The quantitative estimate of drug-likeness (QED) is 0.753. The van der Waals surface area contributed by atoms with Gasteiger partial charge in [-0.2, -0.15) is 0 Å². The molecule has 21 heavy (non-hydrogen) atoms. The second-order valence-corrected chi connectivity index (χ2v) is 7.24. The third-order valence-electron chi connectivity index (χ3n) is 4.91. The van der Waals surface area contributed by atoms with Gasteiger partial charge in [-0.15, -0.1) is 5.10 Å². The zero-order valence-corrected chi connectivity index (χ0v) is 14.7. The minimum Gasteiger partial charge on any atom is -0.309 e. The van der Waals surface area contributed by atoms with Crippen LogP contribution in [0.4, 0.5) is 0 Å². The van der Waals surface area contributed by atoms with Crippen molar-refractivity contribution in [3.63, 3.8) is 0 Å². The van der Waals surface area contributed by atoms with Gasteiger partial charge in [0.05, 0.1) is 10.6 Å². The third-order valence-corrected chi connectivity index (χ3v) is 5.76. The van der Waals surface area contributed by atoms with Gasteiger partial charge in [0, 0.05) is 6.04 Å². The van der Waals surface area contributed by atoms with Crippen LogP contribution >= 0.6 is 11.5 Å². The average Bonchev–Trinajstić information content (AvgIpc) is 2.97. The van der Waals surface area contributed by atoms with Gasteiger partial charge in [0.25, 0.3) is 0 Å². The maximum Gasteiger partial charge on any atom is 0.0803 e. The first-order chi connectivity index (χ1) is 10.3. The lowest BCUT2D eigenvalue weighted by Gasteiger charge is -2.34. The highest BCUT2D eigenvalue weighted by atomic mass is 32.1. The molecule has 1 heterocycles. The maximum atomic E-state index is 4.39. The highest BCUT2D eigenvalue weighted by Gasteiger charge is 2.30. The van der Waals surface area contributed by atoms with Crippen molar-refractivity contribution in [3.05, 3.63) is 10.6 Å². The second kappa shape index (κ2) is 8.84. The van der Waals surface area contributed by atoms with Crippen LogP contribution < -0.4 is 5.32 Å². The molecular formula is C17H31N3S. The minimum absolute atomic E-state index is 0.490. The van der Waals surface area contributed by atoms with Gasteiger partial charge in [-0.25, -0.2) is 0 Å². The van der Waals surface area contributed by atoms with Crippen molar-refractivity contribution in [2.75, 3.05) is 6.54 Å². The van der Waals surface area contributed by atoms with Crippen LogP contribution in [-0.2, 0) is 6.42 Å². The molecule has 4 heteroatoms. The fourth-order valence-corrected chi connectivity index (χ4v) is 4.43. The van der Waals surface area contributed by atoms with Gasteiger partial charge < -0.3 is 5.32 Å². The van der Waals surface area contributed by atoms with E-state index in [2.05, 4.69) is 35.7 Å². The van der Waals surface area contributed by atoms with E-state index >= 15 is 0 Å². The van der Waals surface area contributed by atoms with Crippen molar-refractivity contribution in [2.45, 2.75) is 78.2 Å². The molecule has 1 atom stereocenters. The highest BCUT2D eigenvalue weighted by Crippen LogP contribution is 2.39. The molecule has 1 saturated carbocycles. The SMILES string of the molecule is CCCNC(c1snnc1CCC)C1CCC(CC)CC1. The molecule has 0 aliphatic heterocycles. The first-order valence-corrected chi connectivity index (χ1v) is 9.61. The van der Waals surface area contributed by atoms with Gasteiger partial charge in [-0.3, -0.25) is 0 Å². The summed E-state index contributed by atoms with van der Waals surface area (Å²) in [5.41, 5.74) is 1.24. The largest absolute Gasteiger partial charge is 0.309 e. The Morgan fingerprint density at radius 3 is 2.52 bits per heavy atom. The van der Waals surface area contributed by atoms with E-state index < -0.39 is 0 Å². The molecule has 0 radical (unpaired) electrons. The summed E-state index contributed by atoms with van der Waals surface area (Å²) >= 11 is 1.62. The van der Waals surface area contributed by atoms with Gasteiger partial charge in [-0.1, -0.05) is 50.9 Å². The Balaban J connectivity index is 2.08. The fourth-order valence-electron chi connectivity index (χ4n) is 3.57. The molecule has 3 nitrogen and oxygen atoms in total. The van der Waals surface area contributed by atoms with Gasteiger partial charge in [0.2, 0.25) is 0 Å². The van der Waals surface area contributed by atoms with E-state index in [9.17, 15) is 0 Å². The summed E-state index contributed by atoms with van der Waals surface area (Å²) in [5.74, 6) is 1.74. The Morgan fingerprint density at radius 2 is 1.90 bits per heavy atom. The Bertz CT molecular complexity index is 396. The molecule has 1 unspecified atom stereocenters. The second-order valence-electron chi connectivity index (χ2n) is 6.45. The predicted molar refractivity (Wildman–Crippen MR) is 90.7 cm³/mol. The summed E-state index contributed by atoms with van der Waals surface area (Å²) in [7, 11) is 0. The van der Waals surface area contributed by atoms with Crippen LogP contribution in [0, 0.1) is 11.8 Å². The molecule has 1 aromatic rings. The number of aromatic nitrogens is 2. The monoisotopic (exact) mass is 309 g/mol. The first kappa shape index (κ1) is 16.9.